The number of carbonyl (C=O) groups excluding carboxylic acids is 2. The van der Waals surface area contributed by atoms with Crippen molar-refractivity contribution in [1.82, 2.24) is 15.1 Å². The molecule has 1 amide bonds. The lowest BCUT2D eigenvalue weighted by Crippen LogP contribution is -2.43. The summed E-state index contributed by atoms with van der Waals surface area (Å²) in [4.78, 5) is 25.9. The van der Waals surface area contributed by atoms with Gasteiger partial charge < -0.3 is 18.5 Å². The number of rotatable bonds is 6. The van der Waals surface area contributed by atoms with Gasteiger partial charge in [0.1, 0.15) is 0 Å². The average molecular weight is 365 g/mol. The normalized spacial score (nSPS) is 17.5. The lowest BCUT2D eigenvalue weighted by molar-refractivity contribution is -0.151. The second kappa shape index (κ2) is 8.19. The summed E-state index contributed by atoms with van der Waals surface area (Å²) < 4.78 is 15.7. The molecule has 0 bridgehead atoms. The standard InChI is InChI=1S/C16H19N3O5S/c1-2-22-15(21)11-5-3-7-19(9-11)13(20)10-25-16-18-17-14(24-16)12-6-4-8-23-12/h4,6,8,11H,2-3,5,7,9-10H2,1H3/t11-/m0/s1. The van der Waals surface area contributed by atoms with E-state index in [0.717, 1.165) is 12.8 Å². The molecule has 1 aliphatic rings. The summed E-state index contributed by atoms with van der Waals surface area (Å²) in [5.41, 5.74) is 0. The fraction of sp³-hybridized carbons (Fsp3) is 0.500. The van der Waals surface area contributed by atoms with Crippen LogP contribution in [0.2, 0.25) is 0 Å². The van der Waals surface area contributed by atoms with Crippen LogP contribution in [-0.4, -0.2) is 52.4 Å². The molecule has 1 aliphatic heterocycles. The number of ether oxygens (including phenoxy) is 1. The van der Waals surface area contributed by atoms with Crippen molar-refractivity contribution in [2.24, 2.45) is 5.92 Å². The Bertz CT molecular complexity index is 715. The highest BCUT2D eigenvalue weighted by Gasteiger charge is 2.29. The van der Waals surface area contributed by atoms with E-state index in [2.05, 4.69) is 10.2 Å². The van der Waals surface area contributed by atoms with E-state index >= 15 is 0 Å². The minimum atomic E-state index is -0.239. The number of furan rings is 1. The quantitative estimate of drug-likeness (QED) is 0.568. The summed E-state index contributed by atoms with van der Waals surface area (Å²) in [6.45, 7) is 3.19. The Labute approximate surface area is 148 Å². The predicted octanol–water partition coefficient (Wildman–Crippen LogP) is 2.22. The van der Waals surface area contributed by atoms with Crippen molar-refractivity contribution in [1.29, 1.82) is 0 Å². The first-order valence-electron chi connectivity index (χ1n) is 8.12. The molecular formula is C16H19N3O5S. The third-order valence-electron chi connectivity index (χ3n) is 3.85. The van der Waals surface area contributed by atoms with Gasteiger partial charge in [0.15, 0.2) is 5.76 Å². The lowest BCUT2D eigenvalue weighted by atomic mass is 9.98. The Hall–Kier alpha value is -2.29. The van der Waals surface area contributed by atoms with Gasteiger partial charge in [0.05, 0.1) is 24.5 Å². The van der Waals surface area contributed by atoms with E-state index in [9.17, 15) is 9.59 Å². The van der Waals surface area contributed by atoms with Gasteiger partial charge in [-0.1, -0.05) is 11.8 Å². The van der Waals surface area contributed by atoms with Gasteiger partial charge in [-0.05, 0) is 31.9 Å². The third kappa shape index (κ3) is 4.41. The molecule has 0 spiro atoms. The minimum absolute atomic E-state index is 0.0586. The molecule has 0 aliphatic carbocycles. The van der Waals surface area contributed by atoms with Crippen LogP contribution in [-0.2, 0) is 14.3 Å². The van der Waals surface area contributed by atoms with Gasteiger partial charge in [0.2, 0.25) is 5.91 Å². The summed E-state index contributed by atoms with van der Waals surface area (Å²) in [5, 5.41) is 8.09. The Morgan fingerprint density at radius 2 is 2.32 bits per heavy atom. The van der Waals surface area contributed by atoms with E-state index in [1.807, 2.05) is 0 Å². The Morgan fingerprint density at radius 1 is 1.44 bits per heavy atom. The molecule has 8 nitrogen and oxygen atoms in total. The van der Waals surface area contributed by atoms with Gasteiger partial charge in [0, 0.05) is 13.1 Å². The summed E-state index contributed by atoms with van der Waals surface area (Å²) in [6, 6.07) is 3.45. The number of likely N-dealkylation sites (tertiary alicyclic amines) is 1. The van der Waals surface area contributed by atoms with Crippen molar-refractivity contribution in [3.8, 4) is 11.7 Å². The zero-order chi connectivity index (χ0) is 17.6. The largest absolute Gasteiger partial charge is 0.466 e. The zero-order valence-corrected chi connectivity index (χ0v) is 14.7. The number of thioether (sulfide) groups is 1. The molecule has 0 N–H and O–H groups in total. The number of carbonyl (C=O) groups is 2. The number of piperidine rings is 1. The number of hydrogen-bond acceptors (Lipinski definition) is 8. The predicted molar refractivity (Wildman–Crippen MR) is 88.7 cm³/mol. The molecule has 1 saturated heterocycles. The summed E-state index contributed by atoms with van der Waals surface area (Å²) in [7, 11) is 0. The maximum atomic E-state index is 12.4. The van der Waals surface area contributed by atoms with Crippen LogP contribution < -0.4 is 0 Å². The molecule has 3 heterocycles. The summed E-state index contributed by atoms with van der Waals surface area (Å²) in [6.07, 6.45) is 3.07. The van der Waals surface area contributed by atoms with E-state index in [0.29, 0.717) is 30.7 Å². The Balaban J connectivity index is 1.51. The molecule has 134 valence electrons. The molecular weight excluding hydrogens is 346 g/mol. The number of esters is 1. The van der Waals surface area contributed by atoms with Crippen molar-refractivity contribution in [2.45, 2.75) is 25.0 Å². The van der Waals surface area contributed by atoms with Gasteiger partial charge in [-0.25, -0.2) is 0 Å². The Morgan fingerprint density at radius 3 is 3.08 bits per heavy atom. The molecule has 1 fully saturated rings. The SMILES string of the molecule is CCOC(=O)[C@H]1CCCN(C(=O)CSc2nnc(-c3ccco3)o2)C1. The number of hydrogen-bond donors (Lipinski definition) is 0. The highest BCUT2D eigenvalue weighted by atomic mass is 32.2. The van der Waals surface area contributed by atoms with Crippen LogP contribution in [0.3, 0.4) is 0 Å². The van der Waals surface area contributed by atoms with Crippen LogP contribution in [0.1, 0.15) is 19.8 Å². The molecule has 25 heavy (non-hydrogen) atoms. The van der Waals surface area contributed by atoms with Crippen molar-refractivity contribution in [2.75, 3.05) is 25.4 Å². The first-order valence-corrected chi connectivity index (χ1v) is 9.10. The van der Waals surface area contributed by atoms with Crippen LogP contribution in [0.4, 0.5) is 0 Å². The van der Waals surface area contributed by atoms with Crippen molar-refractivity contribution >= 4 is 23.6 Å². The zero-order valence-electron chi connectivity index (χ0n) is 13.8. The first kappa shape index (κ1) is 17.5. The second-order valence-electron chi connectivity index (χ2n) is 5.57. The minimum Gasteiger partial charge on any atom is -0.466 e. The van der Waals surface area contributed by atoms with E-state index < -0.39 is 0 Å². The number of aromatic nitrogens is 2. The van der Waals surface area contributed by atoms with Crippen LogP contribution in [0, 0.1) is 5.92 Å². The molecule has 3 rings (SSSR count). The van der Waals surface area contributed by atoms with Crippen LogP contribution in [0.5, 0.6) is 0 Å². The molecule has 2 aromatic heterocycles. The highest BCUT2D eigenvalue weighted by molar-refractivity contribution is 7.99. The summed E-state index contributed by atoms with van der Waals surface area (Å²) in [5.74, 6) is 0.412. The molecule has 1 atom stereocenters. The van der Waals surface area contributed by atoms with Gasteiger partial charge in [0.25, 0.3) is 11.1 Å². The molecule has 0 radical (unpaired) electrons. The van der Waals surface area contributed by atoms with Gasteiger partial charge in [-0.2, -0.15) is 0 Å². The van der Waals surface area contributed by atoms with E-state index in [1.165, 1.54) is 18.0 Å². The molecule has 0 aromatic carbocycles. The van der Waals surface area contributed by atoms with Crippen LogP contribution >= 0.6 is 11.8 Å². The molecule has 0 saturated carbocycles. The van der Waals surface area contributed by atoms with E-state index in [4.69, 9.17) is 13.6 Å². The van der Waals surface area contributed by atoms with Crippen LogP contribution in [0.15, 0.2) is 32.5 Å². The van der Waals surface area contributed by atoms with E-state index in [-0.39, 0.29) is 29.4 Å². The van der Waals surface area contributed by atoms with Gasteiger partial charge in [-0.3, -0.25) is 9.59 Å². The fourth-order valence-corrected chi connectivity index (χ4v) is 3.30. The van der Waals surface area contributed by atoms with E-state index in [1.54, 1.807) is 24.0 Å². The second-order valence-corrected chi connectivity index (χ2v) is 6.50. The Kier molecular flexibility index (Phi) is 5.75. The lowest BCUT2D eigenvalue weighted by Gasteiger charge is -2.31. The maximum absolute atomic E-state index is 12.4. The fourth-order valence-electron chi connectivity index (χ4n) is 2.64. The van der Waals surface area contributed by atoms with Crippen molar-refractivity contribution in [3.63, 3.8) is 0 Å². The van der Waals surface area contributed by atoms with Crippen LogP contribution in [0.25, 0.3) is 11.7 Å². The molecule has 2 aromatic rings. The molecule has 9 heteroatoms. The van der Waals surface area contributed by atoms with Gasteiger partial charge in [-0.15, -0.1) is 10.2 Å². The number of nitrogens with zero attached hydrogens (tertiary/aromatic N) is 3. The first-order chi connectivity index (χ1) is 12.2. The van der Waals surface area contributed by atoms with Crippen molar-refractivity contribution < 1.29 is 23.2 Å². The third-order valence-corrected chi connectivity index (χ3v) is 4.65. The van der Waals surface area contributed by atoms with Crippen molar-refractivity contribution in [3.05, 3.63) is 18.4 Å². The highest BCUT2D eigenvalue weighted by Crippen LogP contribution is 2.24. The smallest absolute Gasteiger partial charge is 0.310 e. The summed E-state index contributed by atoms with van der Waals surface area (Å²) >= 11 is 1.17. The monoisotopic (exact) mass is 365 g/mol. The molecule has 0 unspecified atom stereocenters. The maximum Gasteiger partial charge on any atom is 0.310 e. The number of amides is 1. The average Bonchev–Trinajstić information content (AvgIpc) is 3.31. The van der Waals surface area contributed by atoms with Gasteiger partial charge >= 0.3 is 5.97 Å². The topological polar surface area (TPSA) is 98.7 Å².